The zero-order chi connectivity index (χ0) is 20.8. The third kappa shape index (κ3) is 4.76. The van der Waals surface area contributed by atoms with Crippen LogP contribution in [-0.2, 0) is 4.79 Å². The van der Waals surface area contributed by atoms with Gasteiger partial charge >= 0.3 is 0 Å². The molecule has 2 aromatic rings. The molecule has 0 saturated heterocycles. The zero-order valence-electron chi connectivity index (χ0n) is 17.2. The number of amides is 1. The number of aliphatic imine (C=N–C) groups is 2. The van der Waals surface area contributed by atoms with Gasteiger partial charge in [0, 0.05) is 17.5 Å². The van der Waals surface area contributed by atoms with Crippen LogP contribution < -0.4 is 16.6 Å². The van der Waals surface area contributed by atoms with E-state index in [0.29, 0.717) is 18.2 Å². The van der Waals surface area contributed by atoms with Crippen LogP contribution in [0.3, 0.4) is 0 Å². The Morgan fingerprint density at radius 1 is 1.00 bits per heavy atom. The van der Waals surface area contributed by atoms with E-state index in [4.69, 9.17) is 10.8 Å². The number of nitrogens with two attached hydrogens (primary N) is 1. The molecule has 2 aliphatic rings. The second kappa shape index (κ2) is 9.67. The van der Waals surface area contributed by atoms with Crippen LogP contribution in [-0.4, -0.2) is 23.6 Å². The highest BCUT2D eigenvalue weighted by Gasteiger charge is 2.24. The molecule has 0 spiro atoms. The lowest BCUT2D eigenvalue weighted by molar-refractivity contribution is -0.121. The fourth-order valence-corrected chi connectivity index (χ4v) is 4.30. The lowest BCUT2D eigenvalue weighted by atomic mass is 9.86. The van der Waals surface area contributed by atoms with Crippen LogP contribution >= 0.6 is 0 Å². The summed E-state index contributed by atoms with van der Waals surface area (Å²) < 4.78 is 0. The van der Waals surface area contributed by atoms with E-state index in [1.165, 1.54) is 32.1 Å². The second-order valence-electron chi connectivity index (χ2n) is 8.02. The molecule has 1 aliphatic carbocycles. The van der Waals surface area contributed by atoms with Crippen molar-refractivity contribution in [1.82, 2.24) is 10.7 Å². The third-order valence-corrected chi connectivity index (χ3v) is 5.91. The number of para-hydroxylation sites is 1. The minimum Gasteiger partial charge on any atom is -0.328 e. The van der Waals surface area contributed by atoms with Crippen molar-refractivity contribution in [2.45, 2.75) is 51.1 Å². The summed E-state index contributed by atoms with van der Waals surface area (Å²) in [6.07, 6.45) is 7.14. The Balaban J connectivity index is 1.58. The second-order valence-corrected chi connectivity index (χ2v) is 8.02. The summed E-state index contributed by atoms with van der Waals surface area (Å²) in [6.45, 7) is 0. The van der Waals surface area contributed by atoms with E-state index in [2.05, 4.69) is 15.7 Å². The lowest BCUT2D eigenvalue weighted by Crippen LogP contribution is -2.48. The molecule has 4 rings (SSSR count). The maximum atomic E-state index is 12.7. The Bertz CT molecular complexity index is 932. The molecule has 1 unspecified atom stereocenters. The van der Waals surface area contributed by atoms with Gasteiger partial charge < -0.3 is 10.7 Å². The van der Waals surface area contributed by atoms with E-state index in [1.807, 2.05) is 54.6 Å². The van der Waals surface area contributed by atoms with Crippen molar-refractivity contribution in [3.63, 3.8) is 0 Å². The lowest BCUT2D eigenvalue weighted by Gasteiger charge is -2.22. The number of hydrogen-bond donors (Lipinski definition) is 3. The first-order valence-corrected chi connectivity index (χ1v) is 10.8. The number of carbonyl (C=O) groups is 1. The Morgan fingerprint density at radius 3 is 2.50 bits per heavy atom. The van der Waals surface area contributed by atoms with Gasteiger partial charge in [-0.25, -0.2) is 10.8 Å². The van der Waals surface area contributed by atoms with E-state index in [-0.39, 0.29) is 5.91 Å². The van der Waals surface area contributed by atoms with Gasteiger partial charge in [0.1, 0.15) is 0 Å². The van der Waals surface area contributed by atoms with Crippen molar-refractivity contribution in [3.8, 4) is 0 Å². The molecule has 1 fully saturated rings. The van der Waals surface area contributed by atoms with Crippen molar-refractivity contribution in [1.29, 1.82) is 0 Å². The molecule has 6 heteroatoms. The molecule has 30 heavy (non-hydrogen) atoms. The van der Waals surface area contributed by atoms with E-state index in [0.717, 1.165) is 28.9 Å². The standard InChI is InChI=1S/C24H29N5O/c25-29-24-23(27-21(30)16-15-17-9-3-1-4-10-17)28-22(18-11-5-2-6-12-18)19-13-7-8-14-20(19)26-24/h2,5-8,11-14,17,23H,1,3-4,9-10,15-16,25H2,(H,26,29)(H,27,30). The van der Waals surface area contributed by atoms with Crippen LogP contribution in [0.1, 0.15) is 56.1 Å². The first kappa shape index (κ1) is 20.3. The van der Waals surface area contributed by atoms with E-state index in [9.17, 15) is 4.79 Å². The number of fused-ring (bicyclic) bond motifs is 1. The van der Waals surface area contributed by atoms with Crippen molar-refractivity contribution in [3.05, 3.63) is 65.7 Å². The molecule has 1 atom stereocenters. The third-order valence-electron chi connectivity index (χ3n) is 5.91. The minimum absolute atomic E-state index is 0.0179. The van der Waals surface area contributed by atoms with E-state index < -0.39 is 6.17 Å². The number of carbonyl (C=O) groups excluding carboxylic acids is 1. The molecular formula is C24H29N5O. The van der Waals surface area contributed by atoms with Crippen molar-refractivity contribution in [2.75, 3.05) is 0 Å². The summed E-state index contributed by atoms with van der Waals surface area (Å²) in [4.78, 5) is 22.3. The average Bonchev–Trinajstić information content (AvgIpc) is 2.96. The number of hydrazine groups is 1. The Labute approximate surface area is 177 Å². The smallest absolute Gasteiger partial charge is 0.221 e. The van der Waals surface area contributed by atoms with E-state index >= 15 is 0 Å². The average molecular weight is 404 g/mol. The number of hydrogen-bond acceptors (Lipinski definition) is 5. The maximum absolute atomic E-state index is 12.7. The van der Waals surface area contributed by atoms with Gasteiger partial charge in [-0.3, -0.25) is 9.79 Å². The monoisotopic (exact) mass is 403 g/mol. The summed E-state index contributed by atoms with van der Waals surface area (Å²) in [7, 11) is 0. The van der Waals surface area contributed by atoms with Gasteiger partial charge in [0.15, 0.2) is 12.0 Å². The molecule has 1 saturated carbocycles. The summed E-state index contributed by atoms with van der Waals surface area (Å²) in [5.74, 6) is 6.84. The molecule has 4 N–H and O–H groups in total. The van der Waals surface area contributed by atoms with Gasteiger partial charge in [0.25, 0.3) is 0 Å². The summed E-state index contributed by atoms with van der Waals surface area (Å²) in [5, 5.41) is 3.03. The Kier molecular flexibility index (Phi) is 6.54. The number of amidine groups is 1. The molecule has 0 aromatic heterocycles. The number of nitrogens with one attached hydrogen (secondary N) is 2. The number of benzene rings is 2. The molecule has 1 amide bonds. The molecule has 0 radical (unpaired) electrons. The molecular weight excluding hydrogens is 374 g/mol. The highest BCUT2D eigenvalue weighted by molar-refractivity contribution is 6.17. The van der Waals surface area contributed by atoms with Crippen LogP contribution in [0.2, 0.25) is 0 Å². The first-order valence-electron chi connectivity index (χ1n) is 10.8. The quantitative estimate of drug-likeness (QED) is 0.523. The fraction of sp³-hybridized carbons (Fsp3) is 0.375. The summed E-state index contributed by atoms with van der Waals surface area (Å²) in [5.41, 5.74) is 6.09. The van der Waals surface area contributed by atoms with Crippen LogP contribution in [0.4, 0.5) is 5.69 Å². The van der Waals surface area contributed by atoms with Crippen LogP contribution in [0.15, 0.2) is 64.6 Å². The van der Waals surface area contributed by atoms with Crippen molar-refractivity contribution in [2.24, 2.45) is 21.7 Å². The fourth-order valence-electron chi connectivity index (χ4n) is 4.30. The van der Waals surface area contributed by atoms with Gasteiger partial charge in [0.2, 0.25) is 5.91 Å². The van der Waals surface area contributed by atoms with Gasteiger partial charge in [-0.2, -0.15) is 0 Å². The van der Waals surface area contributed by atoms with E-state index in [1.54, 1.807) is 0 Å². The summed E-state index contributed by atoms with van der Waals surface area (Å²) in [6, 6.07) is 17.8. The first-order chi connectivity index (χ1) is 14.7. The minimum atomic E-state index is -0.656. The SMILES string of the molecule is NNC1=Nc2ccccc2C(c2ccccc2)=NC1NC(=O)CCC1CCCCC1. The zero-order valence-corrected chi connectivity index (χ0v) is 17.2. The van der Waals surface area contributed by atoms with Crippen molar-refractivity contribution < 1.29 is 4.79 Å². The van der Waals surface area contributed by atoms with Crippen LogP contribution in [0, 0.1) is 5.92 Å². The van der Waals surface area contributed by atoms with Gasteiger partial charge in [-0.05, 0) is 18.4 Å². The molecule has 1 aliphatic heterocycles. The summed E-state index contributed by atoms with van der Waals surface area (Å²) >= 11 is 0. The predicted molar refractivity (Wildman–Crippen MR) is 121 cm³/mol. The van der Waals surface area contributed by atoms with Crippen LogP contribution in [0.25, 0.3) is 0 Å². The highest BCUT2D eigenvalue weighted by Crippen LogP contribution is 2.28. The Hall–Kier alpha value is -2.99. The van der Waals surface area contributed by atoms with Crippen LogP contribution in [0.5, 0.6) is 0 Å². The molecule has 156 valence electrons. The highest BCUT2D eigenvalue weighted by atomic mass is 16.1. The van der Waals surface area contributed by atoms with Gasteiger partial charge in [-0.15, -0.1) is 0 Å². The molecule has 6 nitrogen and oxygen atoms in total. The number of rotatable bonds is 5. The predicted octanol–water partition coefficient (Wildman–Crippen LogP) is 3.83. The topological polar surface area (TPSA) is 91.9 Å². The molecule has 0 bridgehead atoms. The van der Waals surface area contributed by atoms with Gasteiger partial charge in [0.05, 0.1) is 11.4 Å². The normalized spacial score (nSPS) is 19.2. The largest absolute Gasteiger partial charge is 0.328 e. The molecule has 1 heterocycles. The van der Waals surface area contributed by atoms with Crippen molar-refractivity contribution >= 4 is 23.1 Å². The Morgan fingerprint density at radius 2 is 1.73 bits per heavy atom. The van der Waals surface area contributed by atoms with Gasteiger partial charge in [-0.1, -0.05) is 80.6 Å². The molecule has 2 aromatic carbocycles. The number of nitrogens with zero attached hydrogens (tertiary/aromatic N) is 2. The maximum Gasteiger partial charge on any atom is 0.221 e.